The van der Waals surface area contributed by atoms with E-state index in [0.717, 1.165) is 152 Å². The molecule has 4 fully saturated rings. The number of hydrogen-bond acceptors (Lipinski definition) is 17. The number of thiophene rings is 4. The average Bonchev–Trinajstić information content (AvgIpc) is 1.64. The van der Waals surface area contributed by atoms with Crippen LogP contribution < -0.4 is 22.9 Å². The molecular formula is C88H88F8N8OS8. The predicted molar refractivity (Wildman–Crippen MR) is 462 cm³/mol. The van der Waals surface area contributed by atoms with Crippen molar-refractivity contribution < 1.29 is 39.9 Å². The minimum absolute atomic E-state index is 0.218. The molecule has 0 bridgehead atoms. The number of ether oxygens (including phenoxy) is 1. The number of alkyl halides is 8. The van der Waals surface area contributed by atoms with Gasteiger partial charge in [0, 0.05) is 55.0 Å². The van der Waals surface area contributed by atoms with Crippen LogP contribution >= 0.6 is 92.4 Å². The molecule has 9 nitrogen and oxygen atoms in total. The Morgan fingerprint density at radius 3 is 0.770 bits per heavy atom. The first-order valence-electron chi connectivity index (χ1n) is 37.5. The highest BCUT2D eigenvalue weighted by molar-refractivity contribution is 8.16. The molecular weight excluding hydrogens is 1590 g/mol. The third-order valence-corrected chi connectivity index (χ3v) is 33.0. The highest BCUT2D eigenvalue weighted by atomic mass is 32.2. The number of hydrogen-bond donors (Lipinski definition) is 4. The van der Waals surface area contributed by atoms with E-state index in [-0.39, 0.29) is 33.5 Å². The molecule has 0 radical (unpaired) electrons. The molecule has 4 unspecified atom stereocenters. The number of halogens is 8. The number of thioether (sulfide) groups is 4. The van der Waals surface area contributed by atoms with Gasteiger partial charge in [0.25, 0.3) is 23.7 Å². The van der Waals surface area contributed by atoms with Crippen LogP contribution in [0.5, 0.6) is 0 Å². The predicted octanol–water partition coefficient (Wildman–Crippen LogP) is 23.3. The fourth-order valence-electron chi connectivity index (χ4n) is 16.5. The van der Waals surface area contributed by atoms with E-state index in [9.17, 15) is 0 Å². The molecule has 4 spiro atoms. The van der Waals surface area contributed by atoms with Gasteiger partial charge in [-0.3, -0.25) is 0 Å². The van der Waals surface area contributed by atoms with Crippen molar-refractivity contribution in [2.24, 2.45) is 42.9 Å². The molecule has 1 saturated heterocycles. The molecule has 8 N–H and O–H groups in total. The Morgan fingerprint density at radius 2 is 0.540 bits per heavy atom. The normalized spacial score (nSPS) is 25.2. The van der Waals surface area contributed by atoms with E-state index in [4.69, 9.17) is 27.7 Å². The maximum Gasteiger partial charge on any atom is 0.292 e. The highest BCUT2D eigenvalue weighted by Crippen LogP contribution is 2.67. The molecule has 113 heavy (non-hydrogen) atoms. The largest absolute Gasteiger partial charge is 0.381 e. The van der Waals surface area contributed by atoms with Crippen molar-refractivity contribution in [3.8, 4) is 91.9 Å². The van der Waals surface area contributed by atoms with Gasteiger partial charge in [0.15, 0.2) is 42.8 Å². The maximum absolute atomic E-state index is 16.0. The van der Waals surface area contributed by atoms with Crippen LogP contribution in [0.4, 0.5) is 35.1 Å². The van der Waals surface area contributed by atoms with E-state index in [1.54, 1.807) is 34.6 Å². The lowest BCUT2D eigenvalue weighted by Gasteiger charge is -2.54. The Hall–Kier alpha value is -7.40. The van der Waals surface area contributed by atoms with Crippen molar-refractivity contribution in [1.29, 1.82) is 0 Å². The lowest BCUT2D eigenvalue weighted by Crippen LogP contribution is -2.63. The van der Waals surface area contributed by atoms with Gasteiger partial charge in [-0.05, 0) is 246 Å². The first kappa shape index (κ1) is 83.5. The zero-order valence-electron chi connectivity index (χ0n) is 64.0. The number of amidine groups is 4. The van der Waals surface area contributed by atoms with Crippen molar-refractivity contribution in [3.05, 3.63) is 185 Å². The summed E-state index contributed by atoms with van der Waals surface area (Å²) >= 11 is 9.52. The minimum Gasteiger partial charge on any atom is -0.381 e. The number of nitrogens with zero attached hydrogens (tertiary/aromatic N) is 4. The van der Waals surface area contributed by atoms with Gasteiger partial charge in [-0.25, -0.2) is 55.1 Å². The molecule has 4 atom stereocenters. The molecule has 8 aromatic rings. The van der Waals surface area contributed by atoms with Crippen molar-refractivity contribution in [3.63, 3.8) is 0 Å². The van der Waals surface area contributed by atoms with Crippen LogP contribution in [0.1, 0.15) is 187 Å². The standard InChI is InChI=1S/C23H24F2N2S2.C22H22F2N2OS2.C22H22F2N2S2.C21H20F2N2S2/c1-3-8-16-9-7-10-17(13-16)18-14-19(28-15-18)21(2)23(24,25)22(29-20(26)27-21)11-5-4-6-12-22;1-3-5-15-6-4-7-16(12-15)17-13-18(28-14-17)20(2)22(23,24)21(29-19(25)26-20)8-10-27-11-9-21;1-3-7-15-8-6-9-16(12-15)17-13-18(27-14-17)20(2)22(23,24)21(10-4-5-11-21)28-19(25)26-20;1-3-6-14-7-4-8-15(11-14)16-12-17(26-13-16)19(2)21(22,23)20(9-5-10-20)27-18(24)25-19/h7,9-10,13-15H,4-6,11-12H2,1-2H3,(H2,26,27);4,6-7,12-14H,8-11H2,1-2H3,(H2,25,26);6,8-9,12-14H,4-5,10-11H2,1-2H3,(H2,25,26);4,7-8,11-13H,5,9-10H2,1-2H3,(H2,24,25). The van der Waals surface area contributed by atoms with Gasteiger partial charge in [-0.1, -0.05) is 158 Å². The van der Waals surface area contributed by atoms with Crippen LogP contribution in [0, 0.1) is 47.4 Å². The summed E-state index contributed by atoms with van der Waals surface area (Å²) < 4.78 is 128. The smallest absolute Gasteiger partial charge is 0.292 e. The summed E-state index contributed by atoms with van der Waals surface area (Å²) in [6, 6.07) is 38.6. The van der Waals surface area contributed by atoms with E-state index in [0.29, 0.717) is 71.2 Å². The summed E-state index contributed by atoms with van der Waals surface area (Å²) in [5, 5.41) is 8.69. The summed E-state index contributed by atoms with van der Waals surface area (Å²) in [6.45, 7) is 13.9. The van der Waals surface area contributed by atoms with Crippen LogP contribution in [0.25, 0.3) is 44.5 Å². The number of benzene rings is 4. The second kappa shape index (κ2) is 32.6. The van der Waals surface area contributed by atoms with E-state index in [1.807, 2.05) is 143 Å². The van der Waals surface area contributed by atoms with Crippen LogP contribution in [0.2, 0.25) is 0 Å². The Kier molecular flexibility index (Phi) is 24.1. The van der Waals surface area contributed by atoms with Gasteiger partial charge in [0.2, 0.25) is 0 Å². The van der Waals surface area contributed by atoms with Crippen LogP contribution in [-0.4, -0.2) is 76.6 Å². The molecule has 4 aromatic carbocycles. The molecule has 9 heterocycles. The van der Waals surface area contributed by atoms with Gasteiger partial charge in [-0.15, -0.1) is 69.0 Å². The number of rotatable bonds is 8. The number of nitrogens with two attached hydrogens (primary N) is 4. The van der Waals surface area contributed by atoms with Gasteiger partial charge in [0.05, 0.1) is 19.0 Å². The first-order valence-corrected chi connectivity index (χ1v) is 44.3. The van der Waals surface area contributed by atoms with Crippen LogP contribution in [0.3, 0.4) is 0 Å². The van der Waals surface area contributed by atoms with Crippen molar-refractivity contribution in [2.45, 2.75) is 210 Å². The second-order valence-corrected chi connectivity index (χ2v) is 39.4. The summed E-state index contributed by atoms with van der Waals surface area (Å²) in [7, 11) is 0. The Labute approximate surface area is 690 Å². The van der Waals surface area contributed by atoms with Gasteiger partial charge in [-0.2, -0.15) is 0 Å². The lowest BCUT2D eigenvalue weighted by atomic mass is 9.71. The van der Waals surface area contributed by atoms with E-state index in [2.05, 4.69) is 67.3 Å². The molecule has 5 aliphatic heterocycles. The topological polar surface area (TPSA) is 163 Å². The monoisotopic (exact) mass is 1680 g/mol. The molecule has 25 heteroatoms. The van der Waals surface area contributed by atoms with Gasteiger partial charge < -0.3 is 27.7 Å². The third-order valence-electron chi connectivity index (χ3n) is 23.0. The van der Waals surface area contributed by atoms with E-state index < -0.39 is 64.8 Å². The fraction of sp³-hybridized carbons (Fsp3) is 0.409. The Balaban J connectivity index is 0.000000132. The van der Waals surface area contributed by atoms with Crippen LogP contribution in [-0.2, 0) is 26.9 Å². The summed E-state index contributed by atoms with van der Waals surface area (Å²) in [4.78, 5) is 19.4. The zero-order chi connectivity index (χ0) is 80.7. The molecule has 590 valence electrons. The quantitative estimate of drug-likeness (QED) is 0.0857. The van der Waals surface area contributed by atoms with Crippen LogP contribution in [0.15, 0.2) is 163 Å². The Bertz CT molecular complexity index is 5130. The molecule has 0 amide bonds. The fourth-order valence-corrected chi connectivity index (χ4v) is 26.4. The number of aliphatic imine (C=N–C) groups is 4. The Morgan fingerprint density at radius 1 is 0.310 bits per heavy atom. The molecule has 3 aliphatic carbocycles. The highest BCUT2D eigenvalue weighted by Gasteiger charge is 2.73. The summed E-state index contributed by atoms with van der Waals surface area (Å²) in [6.07, 6.45) is 8.45. The zero-order valence-corrected chi connectivity index (χ0v) is 70.5. The third kappa shape index (κ3) is 15.1. The first-order chi connectivity index (χ1) is 53.7. The van der Waals surface area contributed by atoms with E-state index in [1.165, 1.54) is 66.1 Å². The van der Waals surface area contributed by atoms with Crippen molar-refractivity contribution in [2.75, 3.05) is 13.2 Å². The molecule has 8 aliphatic rings. The SMILES string of the molecule is CC#Cc1cccc(-c2csc(C3(C)N=C(N)SC4(CCC4)C3(F)F)c2)c1.CC#Cc1cccc(-c2csc(C3(C)N=C(N)SC4(CCCC4)C3(F)F)c2)c1.CC#Cc1cccc(-c2csc(C3(C)N=C(N)SC4(CCCCC4)C3(F)F)c2)c1.CC#Cc1cccc(-c2csc(C3(C)N=C(N)SC4(CCOCC4)C3(F)F)c2)c1. The lowest BCUT2D eigenvalue weighted by molar-refractivity contribution is -0.127. The molecule has 3 saturated carbocycles. The molecule has 4 aromatic heterocycles. The summed E-state index contributed by atoms with van der Waals surface area (Å²) in [5.41, 5.74) is 28.7. The van der Waals surface area contributed by atoms with Gasteiger partial charge >= 0.3 is 0 Å². The average molecular weight is 1680 g/mol. The minimum atomic E-state index is -3.06. The van der Waals surface area contributed by atoms with E-state index >= 15 is 35.1 Å². The van der Waals surface area contributed by atoms with Crippen molar-refractivity contribution in [1.82, 2.24) is 0 Å². The second-order valence-electron chi connectivity index (χ2n) is 30.1. The maximum atomic E-state index is 16.0. The molecule has 16 rings (SSSR count). The van der Waals surface area contributed by atoms with Gasteiger partial charge in [0.1, 0.15) is 0 Å². The van der Waals surface area contributed by atoms with Crippen molar-refractivity contribution >= 4 is 113 Å². The summed E-state index contributed by atoms with van der Waals surface area (Å²) in [5.74, 6) is 11.7.